The Hall–Kier alpha value is -1.99. The van der Waals surface area contributed by atoms with Crippen LogP contribution in [0, 0.1) is 0 Å². The standard InChI is InChI=1S/C17H14BrN3O2S/c18-10-4-3-5-11(8-10)20-15(22)12-9-19-17-21(16(12)23)13-6-1-2-7-14(13)24-17/h3-5,8-9H,1-2,6-7H2,(H,20,22). The molecule has 0 atom stereocenters. The average molecular weight is 404 g/mol. The smallest absolute Gasteiger partial charge is 0.271 e. The van der Waals surface area contributed by atoms with Gasteiger partial charge in [-0.05, 0) is 43.9 Å². The molecule has 0 saturated carbocycles. The monoisotopic (exact) mass is 403 g/mol. The van der Waals surface area contributed by atoms with Crippen molar-refractivity contribution < 1.29 is 4.79 Å². The van der Waals surface area contributed by atoms with Crippen molar-refractivity contribution in [2.24, 2.45) is 0 Å². The van der Waals surface area contributed by atoms with Crippen LogP contribution in [0.5, 0.6) is 0 Å². The number of nitrogens with zero attached hydrogens (tertiary/aromatic N) is 2. The highest BCUT2D eigenvalue weighted by molar-refractivity contribution is 9.10. The fraction of sp³-hybridized carbons (Fsp3) is 0.235. The second kappa shape index (κ2) is 6.14. The molecule has 24 heavy (non-hydrogen) atoms. The van der Waals surface area contributed by atoms with Gasteiger partial charge in [0.1, 0.15) is 5.56 Å². The molecule has 7 heteroatoms. The van der Waals surface area contributed by atoms with Crippen LogP contribution in [0.25, 0.3) is 4.96 Å². The molecule has 0 bridgehead atoms. The van der Waals surface area contributed by atoms with E-state index in [9.17, 15) is 9.59 Å². The number of rotatable bonds is 2. The van der Waals surface area contributed by atoms with Crippen molar-refractivity contribution in [3.63, 3.8) is 0 Å². The summed E-state index contributed by atoms with van der Waals surface area (Å²) in [5.41, 5.74) is 1.44. The van der Waals surface area contributed by atoms with Crippen LogP contribution in [0.2, 0.25) is 0 Å². The first-order chi connectivity index (χ1) is 11.6. The molecule has 1 aliphatic rings. The molecule has 1 N–H and O–H groups in total. The van der Waals surface area contributed by atoms with Gasteiger partial charge in [-0.25, -0.2) is 4.98 Å². The highest BCUT2D eigenvalue weighted by atomic mass is 79.9. The third-order valence-corrected chi connectivity index (χ3v) is 5.78. The van der Waals surface area contributed by atoms with E-state index in [1.54, 1.807) is 27.9 Å². The zero-order valence-electron chi connectivity index (χ0n) is 12.7. The Morgan fingerprint density at radius 2 is 2.12 bits per heavy atom. The number of anilines is 1. The Kier molecular flexibility index (Phi) is 3.97. The van der Waals surface area contributed by atoms with Crippen molar-refractivity contribution in [1.29, 1.82) is 0 Å². The lowest BCUT2D eigenvalue weighted by atomic mass is 10.0. The maximum atomic E-state index is 12.8. The number of hydrogen-bond acceptors (Lipinski definition) is 4. The van der Waals surface area contributed by atoms with E-state index in [-0.39, 0.29) is 11.1 Å². The zero-order valence-corrected chi connectivity index (χ0v) is 15.1. The van der Waals surface area contributed by atoms with Crippen LogP contribution in [0.4, 0.5) is 5.69 Å². The van der Waals surface area contributed by atoms with E-state index in [0.29, 0.717) is 10.6 Å². The van der Waals surface area contributed by atoms with Crippen LogP contribution in [0.1, 0.15) is 33.8 Å². The Labute approximate surface area is 150 Å². The number of hydrogen-bond donors (Lipinski definition) is 1. The molecule has 2 heterocycles. The van der Waals surface area contributed by atoms with Crippen LogP contribution < -0.4 is 10.9 Å². The number of aromatic nitrogens is 2. The topological polar surface area (TPSA) is 63.5 Å². The van der Waals surface area contributed by atoms with Gasteiger partial charge in [-0.15, -0.1) is 11.3 Å². The number of carbonyl (C=O) groups is 1. The summed E-state index contributed by atoms with van der Waals surface area (Å²) in [4.78, 5) is 31.6. The number of halogens is 1. The lowest BCUT2D eigenvalue weighted by Gasteiger charge is -2.10. The summed E-state index contributed by atoms with van der Waals surface area (Å²) < 4.78 is 2.48. The molecule has 5 nitrogen and oxygen atoms in total. The van der Waals surface area contributed by atoms with E-state index >= 15 is 0 Å². The van der Waals surface area contributed by atoms with Gasteiger partial charge in [0.15, 0.2) is 4.96 Å². The SMILES string of the molecule is O=C(Nc1cccc(Br)c1)c1cnc2sc3c(n2c1=O)CCCC3. The number of carbonyl (C=O) groups excluding carboxylic acids is 1. The van der Waals surface area contributed by atoms with Gasteiger partial charge in [0.25, 0.3) is 11.5 Å². The minimum absolute atomic E-state index is 0.0682. The first-order valence-electron chi connectivity index (χ1n) is 7.73. The Morgan fingerprint density at radius 1 is 1.29 bits per heavy atom. The Morgan fingerprint density at radius 3 is 2.96 bits per heavy atom. The summed E-state index contributed by atoms with van der Waals surface area (Å²) in [6, 6.07) is 7.26. The van der Waals surface area contributed by atoms with Crippen molar-refractivity contribution in [2.75, 3.05) is 5.32 Å². The summed E-state index contributed by atoms with van der Waals surface area (Å²) in [5, 5.41) is 2.76. The fourth-order valence-electron chi connectivity index (χ4n) is 2.99. The van der Waals surface area contributed by atoms with Gasteiger partial charge in [0.05, 0.1) is 0 Å². The third-order valence-electron chi connectivity index (χ3n) is 4.13. The Bertz CT molecular complexity index is 1010. The van der Waals surface area contributed by atoms with E-state index in [1.807, 2.05) is 12.1 Å². The molecule has 1 aliphatic carbocycles. The summed E-state index contributed by atoms with van der Waals surface area (Å²) in [6.07, 6.45) is 5.45. The van der Waals surface area contributed by atoms with E-state index in [0.717, 1.165) is 35.8 Å². The van der Waals surface area contributed by atoms with Crippen molar-refractivity contribution in [3.05, 3.63) is 61.4 Å². The number of amides is 1. The summed E-state index contributed by atoms with van der Waals surface area (Å²) in [7, 11) is 0. The summed E-state index contributed by atoms with van der Waals surface area (Å²) in [6.45, 7) is 0. The number of aryl methyl sites for hydroxylation is 2. The van der Waals surface area contributed by atoms with Crippen LogP contribution in [0.15, 0.2) is 39.7 Å². The van der Waals surface area contributed by atoms with Crippen LogP contribution in [0.3, 0.4) is 0 Å². The molecular weight excluding hydrogens is 390 g/mol. The predicted molar refractivity (Wildman–Crippen MR) is 98.1 cm³/mol. The van der Waals surface area contributed by atoms with Crippen molar-refractivity contribution >= 4 is 43.8 Å². The predicted octanol–water partition coefficient (Wildman–Crippen LogP) is 3.65. The van der Waals surface area contributed by atoms with Gasteiger partial charge in [-0.2, -0.15) is 0 Å². The van der Waals surface area contributed by atoms with Gasteiger partial charge in [-0.3, -0.25) is 14.0 Å². The molecule has 0 spiro atoms. The van der Waals surface area contributed by atoms with Gasteiger partial charge >= 0.3 is 0 Å². The van der Waals surface area contributed by atoms with Gasteiger partial charge in [0, 0.05) is 26.9 Å². The van der Waals surface area contributed by atoms with Crippen LogP contribution >= 0.6 is 27.3 Å². The number of fused-ring (bicyclic) bond motifs is 3. The molecule has 0 radical (unpaired) electrons. The lowest BCUT2D eigenvalue weighted by molar-refractivity contribution is 0.102. The minimum atomic E-state index is -0.434. The average Bonchev–Trinajstić information content (AvgIpc) is 2.94. The first kappa shape index (κ1) is 15.5. The molecule has 122 valence electrons. The highest BCUT2D eigenvalue weighted by Crippen LogP contribution is 2.28. The second-order valence-electron chi connectivity index (χ2n) is 5.74. The van der Waals surface area contributed by atoms with E-state index in [2.05, 4.69) is 26.2 Å². The molecule has 1 aromatic carbocycles. The normalized spacial score (nSPS) is 13.7. The molecule has 0 aliphatic heterocycles. The fourth-order valence-corrected chi connectivity index (χ4v) is 4.56. The molecule has 4 rings (SSSR count). The summed E-state index contributed by atoms with van der Waals surface area (Å²) >= 11 is 4.92. The second-order valence-corrected chi connectivity index (χ2v) is 7.72. The van der Waals surface area contributed by atoms with E-state index in [1.165, 1.54) is 11.1 Å². The molecular formula is C17H14BrN3O2S. The maximum Gasteiger partial charge on any atom is 0.271 e. The van der Waals surface area contributed by atoms with Gasteiger partial charge < -0.3 is 5.32 Å². The zero-order chi connectivity index (χ0) is 16.7. The van der Waals surface area contributed by atoms with Gasteiger partial charge in [0.2, 0.25) is 0 Å². The molecule has 0 fully saturated rings. The van der Waals surface area contributed by atoms with Crippen LogP contribution in [-0.2, 0) is 12.8 Å². The van der Waals surface area contributed by atoms with E-state index < -0.39 is 5.91 Å². The number of nitrogens with one attached hydrogen (secondary N) is 1. The highest BCUT2D eigenvalue weighted by Gasteiger charge is 2.21. The first-order valence-corrected chi connectivity index (χ1v) is 9.33. The Balaban J connectivity index is 1.75. The van der Waals surface area contributed by atoms with Crippen LogP contribution in [-0.4, -0.2) is 15.3 Å². The van der Waals surface area contributed by atoms with Gasteiger partial charge in [-0.1, -0.05) is 22.0 Å². The molecule has 0 unspecified atom stereocenters. The molecule has 0 saturated heterocycles. The number of thiazole rings is 1. The lowest BCUT2D eigenvalue weighted by Crippen LogP contribution is -2.27. The summed E-state index contributed by atoms with van der Waals surface area (Å²) in [5.74, 6) is -0.434. The van der Waals surface area contributed by atoms with Crippen molar-refractivity contribution in [1.82, 2.24) is 9.38 Å². The molecule has 1 amide bonds. The largest absolute Gasteiger partial charge is 0.322 e. The molecule has 3 aromatic rings. The molecule has 2 aromatic heterocycles. The number of benzene rings is 1. The minimum Gasteiger partial charge on any atom is -0.322 e. The maximum absolute atomic E-state index is 12.8. The van der Waals surface area contributed by atoms with Crippen molar-refractivity contribution in [2.45, 2.75) is 25.7 Å². The third kappa shape index (κ3) is 2.67. The van der Waals surface area contributed by atoms with Crippen molar-refractivity contribution in [3.8, 4) is 0 Å². The quantitative estimate of drug-likeness (QED) is 0.709. The van der Waals surface area contributed by atoms with E-state index in [4.69, 9.17) is 0 Å².